The lowest BCUT2D eigenvalue weighted by atomic mass is 10.3. The van der Waals surface area contributed by atoms with Crippen molar-refractivity contribution in [2.45, 2.75) is 18.9 Å². The number of carbonyl (C=O) groups excluding carboxylic acids is 1. The number of hydrogen-bond acceptors (Lipinski definition) is 3. The Hall–Kier alpha value is -1.16. The smallest absolute Gasteiger partial charge is 0.211 e. The minimum Gasteiger partial charge on any atom is -0.332 e. The summed E-state index contributed by atoms with van der Waals surface area (Å²) in [5.74, 6) is 0.604. The fourth-order valence-electron chi connectivity index (χ4n) is 1.24. The summed E-state index contributed by atoms with van der Waals surface area (Å²) in [5, 5.41) is 3.17. The lowest BCUT2D eigenvalue weighted by Crippen LogP contribution is -2.26. The number of aryl methyl sites for hydroxylation is 1. The molecule has 1 saturated carbocycles. The normalized spacial score (nSPS) is 16.1. The van der Waals surface area contributed by atoms with E-state index in [9.17, 15) is 4.79 Å². The number of nitrogens with one attached hydrogen (secondary N) is 1. The summed E-state index contributed by atoms with van der Waals surface area (Å²) >= 11 is 0. The number of aromatic nitrogens is 2. The molecule has 13 heavy (non-hydrogen) atoms. The maximum Gasteiger partial charge on any atom is 0.211 e. The summed E-state index contributed by atoms with van der Waals surface area (Å²) in [7, 11) is 1.83. The highest BCUT2D eigenvalue weighted by Crippen LogP contribution is 2.18. The van der Waals surface area contributed by atoms with Crippen molar-refractivity contribution < 1.29 is 4.79 Å². The van der Waals surface area contributed by atoms with E-state index in [1.54, 1.807) is 17.0 Å². The van der Waals surface area contributed by atoms with Gasteiger partial charge in [0, 0.05) is 25.5 Å². The van der Waals surface area contributed by atoms with E-state index in [0.29, 0.717) is 18.4 Å². The lowest BCUT2D eigenvalue weighted by Gasteiger charge is -2.01. The van der Waals surface area contributed by atoms with E-state index >= 15 is 0 Å². The number of nitrogens with zero attached hydrogens (tertiary/aromatic N) is 2. The van der Waals surface area contributed by atoms with E-state index in [-0.39, 0.29) is 5.78 Å². The fourth-order valence-corrected chi connectivity index (χ4v) is 1.24. The van der Waals surface area contributed by atoms with Gasteiger partial charge in [-0.05, 0) is 12.8 Å². The molecule has 2 rings (SSSR count). The maximum atomic E-state index is 11.5. The second-order valence-corrected chi connectivity index (χ2v) is 3.44. The van der Waals surface area contributed by atoms with E-state index in [0.717, 1.165) is 0 Å². The summed E-state index contributed by atoms with van der Waals surface area (Å²) in [6.45, 7) is 0.412. The molecule has 0 spiro atoms. The Morgan fingerprint density at radius 3 is 3.08 bits per heavy atom. The van der Waals surface area contributed by atoms with Crippen LogP contribution in [0.25, 0.3) is 0 Å². The number of hydrogen-bond donors (Lipinski definition) is 1. The second-order valence-electron chi connectivity index (χ2n) is 3.44. The minimum absolute atomic E-state index is 0.0689. The maximum absolute atomic E-state index is 11.5. The zero-order chi connectivity index (χ0) is 9.26. The molecule has 1 aliphatic rings. The summed E-state index contributed by atoms with van der Waals surface area (Å²) in [5.41, 5.74) is 0. The van der Waals surface area contributed by atoms with Gasteiger partial charge in [-0.2, -0.15) is 0 Å². The number of rotatable bonds is 4. The van der Waals surface area contributed by atoms with Gasteiger partial charge < -0.3 is 9.88 Å². The molecule has 0 radical (unpaired) electrons. The Morgan fingerprint density at radius 2 is 2.54 bits per heavy atom. The first-order valence-electron chi connectivity index (χ1n) is 4.51. The quantitative estimate of drug-likeness (QED) is 0.679. The third kappa shape index (κ3) is 1.95. The fraction of sp³-hybridized carbons (Fsp3) is 0.556. The Morgan fingerprint density at radius 1 is 1.77 bits per heavy atom. The topological polar surface area (TPSA) is 46.9 Å². The third-order valence-corrected chi connectivity index (χ3v) is 2.20. The number of Topliss-reactive ketones (excluding diaryl/α,β-unsaturated/α-hetero) is 1. The lowest BCUT2D eigenvalue weighted by molar-refractivity contribution is 0.0978. The summed E-state index contributed by atoms with van der Waals surface area (Å²) in [6.07, 6.45) is 5.83. The first-order chi connectivity index (χ1) is 6.27. The highest BCUT2D eigenvalue weighted by atomic mass is 16.1. The molecule has 1 aromatic rings. The summed E-state index contributed by atoms with van der Waals surface area (Å²) < 4.78 is 1.75. The predicted octanol–water partition coefficient (Wildman–Crippen LogP) is 0.355. The highest BCUT2D eigenvalue weighted by molar-refractivity contribution is 5.94. The summed E-state index contributed by atoms with van der Waals surface area (Å²) in [6, 6.07) is 0.573. The van der Waals surface area contributed by atoms with Gasteiger partial charge in [-0.3, -0.25) is 4.79 Å². The van der Waals surface area contributed by atoms with E-state index in [2.05, 4.69) is 10.3 Å². The van der Waals surface area contributed by atoms with Crippen LogP contribution in [-0.4, -0.2) is 27.9 Å². The molecule has 4 nitrogen and oxygen atoms in total. The first-order valence-corrected chi connectivity index (χ1v) is 4.51. The molecule has 70 valence electrons. The van der Waals surface area contributed by atoms with Crippen LogP contribution in [0.3, 0.4) is 0 Å². The molecule has 0 amide bonds. The van der Waals surface area contributed by atoms with Crippen LogP contribution in [0, 0.1) is 0 Å². The van der Waals surface area contributed by atoms with E-state index in [4.69, 9.17) is 0 Å². The van der Waals surface area contributed by atoms with Gasteiger partial charge in [-0.25, -0.2) is 4.98 Å². The molecule has 0 unspecified atom stereocenters. The zero-order valence-corrected chi connectivity index (χ0v) is 7.66. The van der Waals surface area contributed by atoms with Crippen molar-refractivity contribution in [2.75, 3.05) is 6.54 Å². The molecule has 0 saturated heterocycles. The first kappa shape index (κ1) is 8.44. The Bertz CT molecular complexity index is 314. The molecule has 1 heterocycles. The average Bonchev–Trinajstić information content (AvgIpc) is 2.84. The van der Waals surface area contributed by atoms with Gasteiger partial charge in [0.05, 0.1) is 6.54 Å². The Kier molecular flexibility index (Phi) is 2.14. The molecular weight excluding hydrogens is 166 g/mol. The van der Waals surface area contributed by atoms with Crippen molar-refractivity contribution >= 4 is 5.78 Å². The van der Waals surface area contributed by atoms with Gasteiger partial charge in [-0.15, -0.1) is 0 Å². The van der Waals surface area contributed by atoms with Gasteiger partial charge >= 0.3 is 0 Å². The number of ketones is 1. The van der Waals surface area contributed by atoms with Crippen LogP contribution in [-0.2, 0) is 7.05 Å². The Balaban J connectivity index is 1.92. The van der Waals surface area contributed by atoms with Crippen LogP contribution in [0.5, 0.6) is 0 Å². The molecule has 0 bridgehead atoms. The van der Waals surface area contributed by atoms with Crippen molar-refractivity contribution in [3.8, 4) is 0 Å². The van der Waals surface area contributed by atoms with Gasteiger partial charge in [0.1, 0.15) is 0 Å². The summed E-state index contributed by atoms with van der Waals surface area (Å²) in [4.78, 5) is 15.5. The highest BCUT2D eigenvalue weighted by Gasteiger charge is 2.22. The van der Waals surface area contributed by atoms with E-state index in [1.807, 2.05) is 7.05 Å². The molecule has 0 atom stereocenters. The van der Waals surface area contributed by atoms with Crippen molar-refractivity contribution in [1.29, 1.82) is 0 Å². The number of carbonyl (C=O) groups is 1. The molecule has 0 aromatic carbocycles. The molecule has 1 aliphatic carbocycles. The SMILES string of the molecule is Cn1ccnc1C(=O)CNC1CC1. The van der Waals surface area contributed by atoms with Crippen molar-refractivity contribution in [2.24, 2.45) is 7.05 Å². The van der Waals surface area contributed by atoms with Crippen LogP contribution in [0.4, 0.5) is 0 Å². The number of imidazole rings is 1. The van der Waals surface area contributed by atoms with Gasteiger partial charge in [0.15, 0.2) is 5.82 Å². The van der Waals surface area contributed by atoms with E-state index in [1.165, 1.54) is 12.8 Å². The standard InChI is InChI=1S/C9H13N3O/c1-12-5-4-10-9(12)8(13)6-11-7-2-3-7/h4-5,7,11H,2-3,6H2,1H3. The largest absolute Gasteiger partial charge is 0.332 e. The van der Waals surface area contributed by atoms with Crippen LogP contribution in [0.1, 0.15) is 23.5 Å². The van der Waals surface area contributed by atoms with Crippen molar-refractivity contribution in [1.82, 2.24) is 14.9 Å². The zero-order valence-electron chi connectivity index (χ0n) is 7.66. The van der Waals surface area contributed by atoms with Crippen LogP contribution >= 0.6 is 0 Å². The van der Waals surface area contributed by atoms with E-state index < -0.39 is 0 Å². The minimum atomic E-state index is 0.0689. The second kappa shape index (κ2) is 3.30. The van der Waals surface area contributed by atoms with Crippen molar-refractivity contribution in [3.05, 3.63) is 18.2 Å². The van der Waals surface area contributed by atoms with Crippen molar-refractivity contribution in [3.63, 3.8) is 0 Å². The van der Waals surface area contributed by atoms with Crippen LogP contribution in [0.15, 0.2) is 12.4 Å². The molecule has 1 aromatic heterocycles. The molecule has 4 heteroatoms. The van der Waals surface area contributed by atoms with Gasteiger partial charge in [-0.1, -0.05) is 0 Å². The Labute approximate surface area is 77.0 Å². The monoisotopic (exact) mass is 179 g/mol. The van der Waals surface area contributed by atoms with Crippen LogP contribution < -0.4 is 5.32 Å². The van der Waals surface area contributed by atoms with Gasteiger partial charge in [0.25, 0.3) is 0 Å². The third-order valence-electron chi connectivity index (χ3n) is 2.20. The molecule has 0 aliphatic heterocycles. The average molecular weight is 179 g/mol. The van der Waals surface area contributed by atoms with Gasteiger partial charge in [0.2, 0.25) is 5.78 Å². The molecule has 1 fully saturated rings. The molecule has 1 N–H and O–H groups in total. The van der Waals surface area contributed by atoms with Crippen LogP contribution in [0.2, 0.25) is 0 Å². The predicted molar refractivity (Wildman–Crippen MR) is 48.6 cm³/mol. The molecular formula is C9H13N3O.